The average molecular weight is 957 g/mol. The summed E-state index contributed by atoms with van der Waals surface area (Å²) in [5, 5.41) is 9.66. The fourth-order valence-electron chi connectivity index (χ4n) is 7.71. The van der Waals surface area contributed by atoms with E-state index in [-0.39, 0.29) is 32.2 Å². The van der Waals surface area contributed by atoms with E-state index in [1.165, 1.54) is 122 Å². The number of hydrogen-bond donors (Lipinski definition) is 1. The van der Waals surface area contributed by atoms with Gasteiger partial charge in [0.25, 0.3) is 6.29 Å². The van der Waals surface area contributed by atoms with E-state index in [4.69, 9.17) is 18.9 Å². The number of carbonyl (C=O) groups excluding carboxylic acids is 2. The highest BCUT2D eigenvalue weighted by Gasteiger charge is 2.25. The molecule has 0 aromatic heterocycles. The van der Waals surface area contributed by atoms with Crippen molar-refractivity contribution in [2.24, 2.45) is 0 Å². The van der Waals surface area contributed by atoms with Gasteiger partial charge in [-0.1, -0.05) is 216 Å². The average Bonchev–Trinajstić information content (AvgIpc) is 3.30. The molecule has 0 heterocycles. The number of allylic oxidation sites excluding steroid dienone is 10. The molecule has 0 aromatic carbocycles. The van der Waals surface area contributed by atoms with Gasteiger partial charge in [-0.15, -0.1) is 0 Å². The third-order valence-electron chi connectivity index (χ3n) is 12.0. The van der Waals surface area contributed by atoms with E-state index in [9.17, 15) is 19.5 Å². The number of quaternary nitrogens is 1. The summed E-state index contributed by atoms with van der Waals surface area (Å²) in [7, 11) is 5.96. The summed E-state index contributed by atoms with van der Waals surface area (Å²) >= 11 is 0. The highest BCUT2D eigenvalue weighted by Crippen LogP contribution is 2.16. The number of esters is 2. The van der Waals surface area contributed by atoms with E-state index < -0.39 is 24.3 Å². The molecular formula is C59H106NO8+. The fraction of sp³-hybridized carbons (Fsp3) is 0.780. The lowest BCUT2D eigenvalue weighted by Gasteiger charge is -2.25. The first kappa shape index (κ1) is 65.0. The predicted octanol–water partition coefficient (Wildman–Crippen LogP) is 16.1. The zero-order valence-corrected chi connectivity index (χ0v) is 44.8. The summed E-state index contributed by atoms with van der Waals surface area (Å²) in [5.74, 6) is -2.01. The van der Waals surface area contributed by atoms with Crippen molar-refractivity contribution in [2.75, 3.05) is 47.5 Å². The number of carboxylic acid groups (broad SMARTS) is 1. The van der Waals surface area contributed by atoms with Crippen LogP contribution in [0.3, 0.4) is 0 Å². The predicted molar refractivity (Wildman–Crippen MR) is 286 cm³/mol. The van der Waals surface area contributed by atoms with Crippen LogP contribution in [0.25, 0.3) is 0 Å². The van der Waals surface area contributed by atoms with Crippen LogP contribution in [0.5, 0.6) is 0 Å². The maximum Gasteiger partial charge on any atom is 0.361 e. The summed E-state index contributed by atoms with van der Waals surface area (Å²) < 4.78 is 22.8. The lowest BCUT2D eigenvalue weighted by molar-refractivity contribution is -0.870. The monoisotopic (exact) mass is 957 g/mol. The number of carbonyl (C=O) groups is 3. The molecule has 0 saturated heterocycles. The minimum Gasteiger partial charge on any atom is -0.477 e. The zero-order chi connectivity index (χ0) is 49.9. The molecule has 68 heavy (non-hydrogen) atoms. The molecular weight excluding hydrogens is 851 g/mol. The molecule has 0 aromatic rings. The van der Waals surface area contributed by atoms with Crippen molar-refractivity contribution in [3.05, 3.63) is 60.8 Å². The van der Waals surface area contributed by atoms with Crippen LogP contribution < -0.4 is 0 Å². The van der Waals surface area contributed by atoms with Crippen LogP contribution in [0.2, 0.25) is 0 Å². The Balaban J connectivity index is 4.02. The first-order valence-corrected chi connectivity index (χ1v) is 28.0. The third-order valence-corrected chi connectivity index (χ3v) is 12.0. The van der Waals surface area contributed by atoms with Crippen molar-refractivity contribution in [2.45, 2.75) is 251 Å². The number of unbranched alkanes of at least 4 members (excludes halogenated alkanes) is 26. The molecule has 0 spiro atoms. The van der Waals surface area contributed by atoms with E-state index in [0.717, 1.165) is 89.9 Å². The maximum absolute atomic E-state index is 12.8. The minimum absolute atomic E-state index is 0.185. The topological polar surface area (TPSA) is 108 Å². The molecule has 0 radical (unpaired) electrons. The molecule has 2 unspecified atom stereocenters. The molecule has 0 aliphatic carbocycles. The molecule has 394 valence electrons. The summed E-state index contributed by atoms with van der Waals surface area (Å²) in [4.78, 5) is 37.2. The van der Waals surface area contributed by atoms with Crippen LogP contribution in [0.4, 0.5) is 0 Å². The Morgan fingerprint density at radius 2 is 0.838 bits per heavy atom. The van der Waals surface area contributed by atoms with Gasteiger partial charge in [-0.2, -0.15) is 0 Å². The standard InChI is InChI=1S/C59H105NO8/c1-6-8-10-12-14-16-18-19-20-21-22-23-24-25-26-27-28-29-30-31-32-33-34-35-36-37-38-39-40-42-44-46-48-50-57(62)68-55(54-67-59(58(63)64)65-52-51-60(3,4)5)53-66-56(61)49-47-45-43-41-17-15-13-11-9-7-2/h8,10-11,13-14,16,19-20,22-23,55,59H,6-7,9,12,15,17-18,21,24-54H2,1-5H3/p+1/b10-8-,13-11-,16-14-,20-19-,23-22-. The molecule has 9 nitrogen and oxygen atoms in total. The highest BCUT2D eigenvalue weighted by molar-refractivity contribution is 5.71. The molecule has 1 N–H and O–H groups in total. The van der Waals surface area contributed by atoms with E-state index in [1.54, 1.807) is 0 Å². The summed E-state index contributed by atoms with van der Waals surface area (Å²) in [6.07, 6.45) is 60.4. The van der Waals surface area contributed by atoms with Crippen molar-refractivity contribution in [1.29, 1.82) is 0 Å². The Kier molecular flexibility index (Phi) is 48.2. The lowest BCUT2D eigenvalue weighted by Crippen LogP contribution is -2.40. The largest absolute Gasteiger partial charge is 0.477 e. The molecule has 0 aliphatic rings. The van der Waals surface area contributed by atoms with Crippen molar-refractivity contribution in [3.63, 3.8) is 0 Å². The Hall–Kier alpha value is -3.01. The van der Waals surface area contributed by atoms with Crippen LogP contribution in [-0.4, -0.2) is 87.4 Å². The quantitative estimate of drug-likeness (QED) is 0.0211. The SMILES string of the molecule is CC/C=C\C/C=C\C/C=C\C/C=C\CCCCCCCCCCCCCCCCCCCCCCC(=O)OC(COC(=O)CCCCCCC/C=C\CCC)COC(OCC[N+](C)(C)C)C(=O)O. The van der Waals surface area contributed by atoms with Crippen molar-refractivity contribution >= 4 is 17.9 Å². The van der Waals surface area contributed by atoms with Gasteiger partial charge in [0.2, 0.25) is 0 Å². The number of hydrogen-bond acceptors (Lipinski definition) is 7. The van der Waals surface area contributed by atoms with E-state index in [2.05, 4.69) is 74.6 Å². The second kappa shape index (κ2) is 50.4. The van der Waals surface area contributed by atoms with Gasteiger partial charge in [0, 0.05) is 12.8 Å². The van der Waals surface area contributed by atoms with Gasteiger partial charge in [-0.05, 0) is 70.6 Å². The number of carboxylic acids is 1. The fourth-order valence-corrected chi connectivity index (χ4v) is 7.71. The second-order valence-electron chi connectivity index (χ2n) is 19.9. The zero-order valence-electron chi connectivity index (χ0n) is 44.8. The number of likely N-dealkylation sites (N-methyl/N-ethyl adjacent to an activating group) is 1. The molecule has 9 heteroatoms. The molecule has 0 aliphatic heterocycles. The van der Waals surface area contributed by atoms with Crippen molar-refractivity contribution in [1.82, 2.24) is 0 Å². The molecule has 2 atom stereocenters. The summed E-state index contributed by atoms with van der Waals surface area (Å²) in [6, 6.07) is 0. The minimum atomic E-state index is -1.51. The van der Waals surface area contributed by atoms with Crippen LogP contribution >= 0.6 is 0 Å². The van der Waals surface area contributed by atoms with Gasteiger partial charge >= 0.3 is 17.9 Å². The van der Waals surface area contributed by atoms with E-state index >= 15 is 0 Å². The first-order chi connectivity index (χ1) is 33.1. The number of aliphatic carboxylic acids is 1. The first-order valence-electron chi connectivity index (χ1n) is 28.0. The van der Waals surface area contributed by atoms with Crippen LogP contribution in [-0.2, 0) is 33.3 Å². The van der Waals surface area contributed by atoms with Gasteiger partial charge in [0.05, 0.1) is 34.4 Å². The van der Waals surface area contributed by atoms with Gasteiger partial charge in [0.15, 0.2) is 6.10 Å². The summed E-state index contributed by atoms with van der Waals surface area (Å²) in [5.41, 5.74) is 0. The van der Waals surface area contributed by atoms with Crippen LogP contribution in [0.1, 0.15) is 239 Å². The Morgan fingerprint density at radius 3 is 1.26 bits per heavy atom. The van der Waals surface area contributed by atoms with Crippen LogP contribution in [0.15, 0.2) is 60.8 Å². The van der Waals surface area contributed by atoms with Gasteiger partial charge < -0.3 is 28.5 Å². The van der Waals surface area contributed by atoms with Crippen molar-refractivity contribution < 1.29 is 42.9 Å². The molecule has 0 bridgehead atoms. The molecule has 0 saturated carbocycles. The second-order valence-corrected chi connectivity index (χ2v) is 19.9. The normalized spacial score (nSPS) is 13.2. The highest BCUT2D eigenvalue weighted by atomic mass is 16.7. The Bertz CT molecular complexity index is 1300. The summed E-state index contributed by atoms with van der Waals surface area (Å²) in [6.45, 7) is 4.70. The number of nitrogens with zero attached hydrogens (tertiary/aromatic N) is 1. The maximum atomic E-state index is 12.8. The van der Waals surface area contributed by atoms with E-state index in [0.29, 0.717) is 17.4 Å². The molecule has 0 fully saturated rings. The van der Waals surface area contributed by atoms with Gasteiger partial charge in [0.1, 0.15) is 13.2 Å². The third kappa shape index (κ3) is 50.9. The smallest absolute Gasteiger partial charge is 0.361 e. The lowest BCUT2D eigenvalue weighted by atomic mass is 10.0. The number of ether oxygens (including phenoxy) is 4. The Labute approximate surface area is 418 Å². The van der Waals surface area contributed by atoms with E-state index in [1.807, 2.05) is 21.1 Å². The molecule has 0 amide bonds. The Morgan fingerprint density at radius 1 is 0.456 bits per heavy atom. The van der Waals surface area contributed by atoms with Gasteiger partial charge in [-0.3, -0.25) is 9.59 Å². The molecule has 0 rings (SSSR count). The van der Waals surface area contributed by atoms with Gasteiger partial charge in [-0.25, -0.2) is 4.79 Å². The van der Waals surface area contributed by atoms with Crippen LogP contribution in [0, 0.1) is 0 Å². The number of rotatable bonds is 51. The van der Waals surface area contributed by atoms with Crippen molar-refractivity contribution in [3.8, 4) is 0 Å².